The van der Waals surface area contributed by atoms with Crippen molar-refractivity contribution in [2.75, 3.05) is 13.1 Å². The van der Waals surface area contributed by atoms with E-state index in [4.69, 9.17) is 0 Å². The van der Waals surface area contributed by atoms with Gasteiger partial charge < -0.3 is 5.32 Å². The van der Waals surface area contributed by atoms with E-state index in [1.165, 1.54) is 32.1 Å². The van der Waals surface area contributed by atoms with E-state index in [0.717, 1.165) is 49.6 Å². The fourth-order valence-electron chi connectivity index (χ4n) is 5.62. The second-order valence-electron chi connectivity index (χ2n) is 7.54. The molecule has 0 aromatic heterocycles. The van der Waals surface area contributed by atoms with Crippen LogP contribution in [0.1, 0.15) is 44.9 Å². The molecule has 0 aromatic rings. The van der Waals surface area contributed by atoms with Crippen LogP contribution in [0.4, 0.5) is 0 Å². The maximum Gasteiger partial charge on any atom is 0.109 e. The van der Waals surface area contributed by atoms with Gasteiger partial charge in [-0.2, -0.15) is 5.26 Å². The van der Waals surface area contributed by atoms with Crippen molar-refractivity contribution in [3.05, 3.63) is 0 Å². The number of hydrogen-bond donors (Lipinski definition) is 2. The highest BCUT2D eigenvalue weighted by Gasteiger charge is 2.50. The summed E-state index contributed by atoms with van der Waals surface area (Å²) in [7, 11) is 0. The van der Waals surface area contributed by atoms with Crippen molar-refractivity contribution in [1.29, 1.82) is 5.26 Å². The molecule has 19 heavy (non-hydrogen) atoms. The van der Waals surface area contributed by atoms with Gasteiger partial charge in [0.05, 0.1) is 6.07 Å². The van der Waals surface area contributed by atoms with E-state index in [1.54, 1.807) is 0 Å². The Morgan fingerprint density at radius 2 is 1.53 bits per heavy atom. The summed E-state index contributed by atoms with van der Waals surface area (Å²) in [5.41, 5.74) is -0.231. The van der Waals surface area contributed by atoms with E-state index < -0.39 is 0 Å². The molecule has 1 aliphatic heterocycles. The summed E-state index contributed by atoms with van der Waals surface area (Å²) in [5, 5.41) is 16.9. The quantitative estimate of drug-likeness (QED) is 0.798. The van der Waals surface area contributed by atoms with Gasteiger partial charge in [0.15, 0.2) is 0 Å². The van der Waals surface area contributed by atoms with E-state index in [1.807, 2.05) is 0 Å². The molecule has 5 fully saturated rings. The molecule has 3 heteroatoms. The lowest BCUT2D eigenvalue weighted by Gasteiger charge is -2.56. The minimum atomic E-state index is -0.231. The van der Waals surface area contributed by atoms with Crippen molar-refractivity contribution < 1.29 is 0 Å². The van der Waals surface area contributed by atoms with Gasteiger partial charge in [-0.05, 0) is 81.7 Å². The van der Waals surface area contributed by atoms with Gasteiger partial charge in [-0.3, -0.25) is 5.32 Å². The van der Waals surface area contributed by atoms with Crippen LogP contribution in [-0.4, -0.2) is 24.7 Å². The highest BCUT2D eigenvalue weighted by Crippen LogP contribution is 2.54. The Morgan fingerprint density at radius 3 is 2.05 bits per heavy atom. The van der Waals surface area contributed by atoms with Gasteiger partial charge in [-0.15, -0.1) is 0 Å². The van der Waals surface area contributed by atoms with Crippen molar-refractivity contribution in [1.82, 2.24) is 10.6 Å². The van der Waals surface area contributed by atoms with Crippen molar-refractivity contribution in [2.45, 2.75) is 56.5 Å². The summed E-state index contributed by atoms with van der Waals surface area (Å²) in [6.07, 6.45) is 9.20. The molecule has 1 saturated heterocycles. The van der Waals surface area contributed by atoms with Crippen molar-refractivity contribution in [3.8, 4) is 6.07 Å². The number of piperidine rings is 1. The van der Waals surface area contributed by atoms with Crippen LogP contribution in [0.3, 0.4) is 0 Å². The standard InChI is InChI=1S/C16H25N3/c17-10-16(1-3-18-4-2-16)19-15-13-6-11-5-12(8-13)9-14(15)7-11/h11-15,18-19H,1-9H2. The van der Waals surface area contributed by atoms with Crippen molar-refractivity contribution in [3.63, 3.8) is 0 Å². The summed E-state index contributed by atoms with van der Waals surface area (Å²) in [6, 6.07) is 3.27. The predicted molar refractivity (Wildman–Crippen MR) is 74.4 cm³/mol. The van der Waals surface area contributed by atoms with E-state index >= 15 is 0 Å². The number of nitriles is 1. The van der Waals surface area contributed by atoms with E-state index in [0.29, 0.717) is 6.04 Å². The minimum absolute atomic E-state index is 0.231. The number of nitrogens with one attached hydrogen (secondary N) is 2. The topological polar surface area (TPSA) is 47.9 Å². The zero-order chi connectivity index (χ0) is 12.9. The van der Waals surface area contributed by atoms with Gasteiger partial charge in [0.25, 0.3) is 0 Å². The molecule has 0 unspecified atom stereocenters. The van der Waals surface area contributed by atoms with Gasteiger partial charge in [-0.1, -0.05) is 0 Å². The highest BCUT2D eigenvalue weighted by atomic mass is 15.1. The van der Waals surface area contributed by atoms with Gasteiger partial charge in [0.2, 0.25) is 0 Å². The van der Waals surface area contributed by atoms with Gasteiger partial charge >= 0.3 is 0 Å². The zero-order valence-corrected chi connectivity index (χ0v) is 11.7. The Balaban J connectivity index is 1.52. The largest absolute Gasteiger partial charge is 0.317 e. The lowest BCUT2D eigenvalue weighted by molar-refractivity contribution is -0.0236. The SMILES string of the molecule is N#CC1(NC2C3CC4CC(C3)CC2C4)CCNCC1. The molecule has 4 bridgehead atoms. The molecule has 104 valence electrons. The molecule has 4 aliphatic carbocycles. The van der Waals surface area contributed by atoms with Crippen LogP contribution in [0.2, 0.25) is 0 Å². The zero-order valence-electron chi connectivity index (χ0n) is 11.7. The highest BCUT2D eigenvalue weighted by molar-refractivity contribution is 5.13. The molecular weight excluding hydrogens is 234 g/mol. The predicted octanol–water partition coefficient (Wildman–Crippen LogP) is 2.05. The van der Waals surface area contributed by atoms with Crippen LogP contribution in [-0.2, 0) is 0 Å². The molecule has 1 heterocycles. The first-order valence-corrected chi connectivity index (χ1v) is 8.18. The minimum Gasteiger partial charge on any atom is -0.317 e. The van der Waals surface area contributed by atoms with Crippen LogP contribution < -0.4 is 10.6 Å². The monoisotopic (exact) mass is 259 g/mol. The molecule has 0 spiro atoms. The maximum atomic E-state index is 9.66. The summed E-state index contributed by atoms with van der Waals surface area (Å²) in [4.78, 5) is 0. The molecule has 5 rings (SSSR count). The molecule has 3 nitrogen and oxygen atoms in total. The lowest BCUT2D eigenvalue weighted by atomic mass is 9.54. The second-order valence-corrected chi connectivity index (χ2v) is 7.54. The fraction of sp³-hybridized carbons (Fsp3) is 0.938. The number of hydrogen-bond acceptors (Lipinski definition) is 3. The molecule has 0 amide bonds. The maximum absolute atomic E-state index is 9.66. The third-order valence-corrected chi connectivity index (χ3v) is 6.34. The normalized spacial score (nSPS) is 47.0. The first kappa shape index (κ1) is 12.2. The van der Waals surface area contributed by atoms with Gasteiger partial charge in [0.1, 0.15) is 5.54 Å². The third-order valence-electron chi connectivity index (χ3n) is 6.34. The van der Waals surface area contributed by atoms with E-state index in [2.05, 4.69) is 16.7 Å². The van der Waals surface area contributed by atoms with Crippen LogP contribution in [0, 0.1) is 35.0 Å². The van der Waals surface area contributed by atoms with Crippen LogP contribution in [0.25, 0.3) is 0 Å². The second kappa shape index (κ2) is 4.46. The van der Waals surface area contributed by atoms with Crippen molar-refractivity contribution >= 4 is 0 Å². The third kappa shape index (κ3) is 2.00. The van der Waals surface area contributed by atoms with Gasteiger partial charge in [-0.25, -0.2) is 0 Å². The van der Waals surface area contributed by atoms with Crippen molar-refractivity contribution in [2.24, 2.45) is 23.7 Å². The molecule has 4 saturated carbocycles. The summed E-state index contributed by atoms with van der Waals surface area (Å²) in [6.45, 7) is 1.99. The Kier molecular flexibility index (Phi) is 2.86. The van der Waals surface area contributed by atoms with Crippen LogP contribution in [0.5, 0.6) is 0 Å². The Bertz CT molecular complexity index is 363. The molecule has 0 aromatic carbocycles. The first-order chi connectivity index (χ1) is 9.28. The summed E-state index contributed by atoms with van der Waals surface area (Å²) in [5.74, 6) is 3.78. The molecule has 5 aliphatic rings. The summed E-state index contributed by atoms with van der Waals surface area (Å²) < 4.78 is 0. The van der Waals surface area contributed by atoms with Gasteiger partial charge in [0, 0.05) is 6.04 Å². The average molecular weight is 259 g/mol. The van der Waals surface area contributed by atoms with Crippen LogP contribution >= 0.6 is 0 Å². The molecular formula is C16H25N3. The van der Waals surface area contributed by atoms with E-state index in [-0.39, 0.29) is 5.54 Å². The summed E-state index contributed by atoms with van der Waals surface area (Å²) >= 11 is 0. The Hall–Kier alpha value is -0.590. The Labute approximate surface area is 116 Å². The fourth-order valence-corrected chi connectivity index (χ4v) is 5.62. The smallest absolute Gasteiger partial charge is 0.109 e. The molecule has 0 radical (unpaired) electrons. The first-order valence-electron chi connectivity index (χ1n) is 8.18. The number of nitrogens with zero attached hydrogens (tertiary/aromatic N) is 1. The Morgan fingerprint density at radius 1 is 0.947 bits per heavy atom. The molecule has 2 N–H and O–H groups in total. The van der Waals surface area contributed by atoms with E-state index in [9.17, 15) is 5.26 Å². The molecule has 0 atom stereocenters. The van der Waals surface area contributed by atoms with Crippen LogP contribution in [0.15, 0.2) is 0 Å². The average Bonchev–Trinajstić information content (AvgIpc) is 2.43. The lowest BCUT2D eigenvalue weighted by Crippen LogP contribution is -2.62. The number of rotatable bonds is 2.